The third-order valence-electron chi connectivity index (χ3n) is 3.04. The van der Waals surface area contributed by atoms with E-state index in [2.05, 4.69) is 20.4 Å². The fourth-order valence-corrected chi connectivity index (χ4v) is 2.55. The number of nitrogens with one attached hydrogen (secondary N) is 1. The van der Waals surface area contributed by atoms with Crippen molar-refractivity contribution in [3.05, 3.63) is 47.2 Å². The van der Waals surface area contributed by atoms with Crippen molar-refractivity contribution in [2.75, 3.05) is 19.0 Å². The monoisotopic (exact) mass is 329 g/mol. The summed E-state index contributed by atoms with van der Waals surface area (Å²) < 4.78 is 5.20. The molecule has 3 aromatic rings. The molecule has 0 atom stereocenters. The summed E-state index contributed by atoms with van der Waals surface area (Å²) in [6, 6.07) is 7.22. The van der Waals surface area contributed by atoms with E-state index in [1.54, 1.807) is 23.2 Å². The Hall–Kier alpha value is -2.74. The zero-order valence-electron chi connectivity index (χ0n) is 12.7. The van der Waals surface area contributed by atoms with Crippen LogP contribution in [0.1, 0.15) is 16.2 Å². The molecule has 0 saturated heterocycles. The minimum Gasteiger partial charge on any atom is -0.355 e. The fraction of sp³-hybridized carbons (Fsp3) is 0.200. The van der Waals surface area contributed by atoms with Gasteiger partial charge in [0.2, 0.25) is 5.95 Å². The highest BCUT2D eigenvalue weighted by Crippen LogP contribution is 2.25. The van der Waals surface area contributed by atoms with Gasteiger partial charge < -0.3 is 14.7 Å². The second-order valence-electron chi connectivity index (χ2n) is 4.98. The number of carbonyl (C=O) groups is 1. The van der Waals surface area contributed by atoms with Gasteiger partial charge in [-0.2, -0.15) is 0 Å². The summed E-state index contributed by atoms with van der Waals surface area (Å²) in [5, 5.41) is 8.52. The molecule has 1 amide bonds. The van der Waals surface area contributed by atoms with Crippen LogP contribution in [0, 0.1) is 0 Å². The molecule has 0 radical (unpaired) electrons. The van der Waals surface area contributed by atoms with Crippen molar-refractivity contribution in [2.45, 2.75) is 6.54 Å². The molecule has 8 heteroatoms. The molecule has 3 aromatic heterocycles. The number of hydrogen-bond donors (Lipinski definition) is 1. The number of aromatic nitrogens is 3. The number of carbonyl (C=O) groups excluding carboxylic acids is 1. The average molecular weight is 329 g/mol. The highest BCUT2D eigenvalue weighted by molar-refractivity contribution is 7.13. The Morgan fingerprint density at radius 3 is 3.00 bits per heavy atom. The highest BCUT2D eigenvalue weighted by Gasteiger charge is 2.14. The lowest BCUT2D eigenvalue weighted by molar-refractivity contribution is 0.0941. The predicted octanol–water partition coefficient (Wildman–Crippen LogP) is 2.19. The maximum Gasteiger partial charge on any atom is 0.273 e. The summed E-state index contributed by atoms with van der Waals surface area (Å²) in [5.74, 6) is 0.877. The zero-order chi connectivity index (χ0) is 16.2. The van der Waals surface area contributed by atoms with E-state index in [0.29, 0.717) is 18.3 Å². The van der Waals surface area contributed by atoms with Crippen molar-refractivity contribution in [3.8, 4) is 10.6 Å². The van der Waals surface area contributed by atoms with Crippen LogP contribution in [-0.4, -0.2) is 35.1 Å². The van der Waals surface area contributed by atoms with Gasteiger partial charge >= 0.3 is 0 Å². The second-order valence-corrected chi connectivity index (χ2v) is 5.93. The van der Waals surface area contributed by atoms with Gasteiger partial charge in [0.15, 0.2) is 11.5 Å². The zero-order valence-corrected chi connectivity index (χ0v) is 13.5. The van der Waals surface area contributed by atoms with E-state index in [0.717, 1.165) is 10.6 Å². The van der Waals surface area contributed by atoms with Gasteiger partial charge in [-0.05, 0) is 17.5 Å². The van der Waals surface area contributed by atoms with Gasteiger partial charge in [-0.15, -0.1) is 11.3 Å². The predicted molar refractivity (Wildman–Crippen MR) is 87.3 cm³/mol. The molecule has 3 heterocycles. The van der Waals surface area contributed by atoms with Crippen molar-refractivity contribution in [1.29, 1.82) is 0 Å². The molecule has 1 N–H and O–H groups in total. The number of nitrogens with zero attached hydrogens (tertiary/aromatic N) is 4. The topological polar surface area (TPSA) is 84.2 Å². The third-order valence-corrected chi connectivity index (χ3v) is 3.92. The molecule has 7 nitrogen and oxygen atoms in total. The molecule has 118 valence electrons. The molecule has 3 rings (SSSR count). The van der Waals surface area contributed by atoms with E-state index in [9.17, 15) is 4.79 Å². The van der Waals surface area contributed by atoms with Gasteiger partial charge in [-0.3, -0.25) is 4.79 Å². The summed E-state index contributed by atoms with van der Waals surface area (Å²) in [6.07, 6.45) is 1.66. The first kappa shape index (κ1) is 15.2. The lowest BCUT2D eigenvalue weighted by atomic mass is 10.3. The molecule has 0 unspecified atom stereocenters. The van der Waals surface area contributed by atoms with E-state index in [1.165, 1.54) is 11.3 Å². The lowest BCUT2D eigenvalue weighted by Gasteiger charge is -2.10. The Balaban J connectivity index is 1.65. The first-order valence-electron chi connectivity index (χ1n) is 6.91. The molecule has 23 heavy (non-hydrogen) atoms. The quantitative estimate of drug-likeness (QED) is 0.772. The number of anilines is 1. The van der Waals surface area contributed by atoms with Crippen LogP contribution in [-0.2, 0) is 6.54 Å². The number of rotatable bonds is 5. The number of hydrogen-bond acceptors (Lipinski definition) is 7. The van der Waals surface area contributed by atoms with Crippen molar-refractivity contribution >= 4 is 23.2 Å². The SMILES string of the molecule is CN(C)c1nccc(CNC(=O)c2cc(-c3cccs3)on2)n1. The average Bonchev–Trinajstić information content (AvgIpc) is 3.23. The molecule has 0 aliphatic rings. The van der Waals surface area contributed by atoms with Gasteiger partial charge in [0.05, 0.1) is 17.1 Å². The number of thiophene rings is 1. The summed E-state index contributed by atoms with van der Waals surface area (Å²) in [7, 11) is 3.72. The number of amides is 1. The van der Waals surface area contributed by atoms with Crippen LogP contribution in [0.3, 0.4) is 0 Å². The summed E-state index contributed by atoms with van der Waals surface area (Å²) in [5.41, 5.74) is 0.967. The fourth-order valence-electron chi connectivity index (χ4n) is 1.88. The molecule has 0 spiro atoms. The largest absolute Gasteiger partial charge is 0.355 e. The van der Waals surface area contributed by atoms with Gasteiger partial charge in [0, 0.05) is 26.4 Å². The first-order valence-corrected chi connectivity index (χ1v) is 7.79. The van der Waals surface area contributed by atoms with Crippen molar-refractivity contribution in [2.24, 2.45) is 0 Å². The second kappa shape index (κ2) is 6.57. The lowest BCUT2D eigenvalue weighted by Crippen LogP contribution is -2.24. The summed E-state index contributed by atoms with van der Waals surface area (Å²) in [6.45, 7) is 0.295. The Kier molecular flexibility index (Phi) is 4.33. The van der Waals surface area contributed by atoms with E-state index in [-0.39, 0.29) is 11.6 Å². The maximum absolute atomic E-state index is 12.1. The van der Waals surface area contributed by atoms with E-state index >= 15 is 0 Å². The van der Waals surface area contributed by atoms with Crippen molar-refractivity contribution in [3.63, 3.8) is 0 Å². The van der Waals surface area contributed by atoms with Crippen LogP contribution in [0.5, 0.6) is 0 Å². The van der Waals surface area contributed by atoms with Crippen LogP contribution in [0.25, 0.3) is 10.6 Å². The highest BCUT2D eigenvalue weighted by atomic mass is 32.1. The normalized spacial score (nSPS) is 10.5. The van der Waals surface area contributed by atoms with Crippen LogP contribution < -0.4 is 10.2 Å². The molecule has 0 aromatic carbocycles. The Morgan fingerprint density at radius 1 is 1.39 bits per heavy atom. The minimum atomic E-state index is -0.304. The molecule has 0 aliphatic heterocycles. The van der Waals surface area contributed by atoms with Gasteiger partial charge in [-0.25, -0.2) is 9.97 Å². The molecular formula is C15H15N5O2S. The molecule has 0 bridgehead atoms. The van der Waals surface area contributed by atoms with Gasteiger partial charge in [-0.1, -0.05) is 11.2 Å². The third kappa shape index (κ3) is 3.54. The van der Waals surface area contributed by atoms with Crippen molar-refractivity contribution in [1.82, 2.24) is 20.4 Å². The minimum absolute atomic E-state index is 0.246. The van der Waals surface area contributed by atoms with E-state index < -0.39 is 0 Å². The Labute approximate surface area is 137 Å². The van der Waals surface area contributed by atoms with Crippen LogP contribution in [0.2, 0.25) is 0 Å². The van der Waals surface area contributed by atoms with Crippen LogP contribution >= 0.6 is 11.3 Å². The molecular weight excluding hydrogens is 314 g/mol. The molecule has 0 aliphatic carbocycles. The Bertz CT molecular complexity index is 798. The van der Waals surface area contributed by atoms with Crippen LogP contribution in [0.4, 0.5) is 5.95 Å². The van der Waals surface area contributed by atoms with Gasteiger partial charge in [0.1, 0.15) is 0 Å². The van der Waals surface area contributed by atoms with E-state index in [1.807, 2.05) is 31.6 Å². The van der Waals surface area contributed by atoms with Crippen molar-refractivity contribution < 1.29 is 9.32 Å². The van der Waals surface area contributed by atoms with E-state index in [4.69, 9.17) is 4.52 Å². The van der Waals surface area contributed by atoms with Gasteiger partial charge in [0.25, 0.3) is 5.91 Å². The Morgan fingerprint density at radius 2 is 2.26 bits per heavy atom. The summed E-state index contributed by atoms with van der Waals surface area (Å²) >= 11 is 1.53. The smallest absolute Gasteiger partial charge is 0.273 e. The summed E-state index contributed by atoms with van der Waals surface area (Å²) in [4.78, 5) is 23.3. The maximum atomic E-state index is 12.1. The van der Waals surface area contributed by atoms with Crippen LogP contribution in [0.15, 0.2) is 40.4 Å². The first-order chi connectivity index (χ1) is 11.1. The molecule has 0 fully saturated rings. The standard InChI is InChI=1S/C15H15N5O2S/c1-20(2)15-16-6-5-10(18-15)9-17-14(21)11-8-12(22-19-11)13-4-3-7-23-13/h3-8H,9H2,1-2H3,(H,17,21). The molecule has 0 saturated carbocycles.